The summed E-state index contributed by atoms with van der Waals surface area (Å²) in [6.07, 6.45) is 3.49. The molecule has 0 fully saturated rings. The minimum atomic E-state index is -0.0314. The van der Waals surface area contributed by atoms with Gasteiger partial charge in [-0.25, -0.2) is 9.50 Å². The quantitative estimate of drug-likeness (QED) is 0.853. The van der Waals surface area contributed by atoms with Gasteiger partial charge in [-0.1, -0.05) is 27.7 Å². The molecule has 0 atom stereocenters. The topological polar surface area (TPSA) is 71.3 Å². The summed E-state index contributed by atoms with van der Waals surface area (Å²) in [4.78, 5) is 16.0. The summed E-state index contributed by atoms with van der Waals surface area (Å²) in [7, 11) is 0. The lowest BCUT2D eigenvalue weighted by molar-refractivity contribution is -0.119. The maximum Gasteiger partial charge on any atom is 0.239 e. The van der Waals surface area contributed by atoms with Crippen molar-refractivity contribution in [3.05, 3.63) is 24.2 Å². The number of hydrogen-bond acceptors (Lipinski definition) is 4. The number of nitrogens with one attached hydrogen (secondary N) is 2. The van der Waals surface area contributed by atoms with Gasteiger partial charge < -0.3 is 10.6 Å². The van der Waals surface area contributed by atoms with Crippen molar-refractivity contribution in [3.63, 3.8) is 0 Å². The second-order valence-electron chi connectivity index (χ2n) is 5.88. The number of carbonyl (C=O) groups is 1. The highest BCUT2D eigenvalue weighted by Gasteiger charge is 2.10. The number of hydrogen-bond donors (Lipinski definition) is 2. The van der Waals surface area contributed by atoms with Gasteiger partial charge in [-0.15, -0.1) is 0 Å². The van der Waals surface area contributed by atoms with Crippen LogP contribution in [0.5, 0.6) is 0 Å². The van der Waals surface area contributed by atoms with E-state index in [0.29, 0.717) is 24.2 Å². The largest absolute Gasteiger partial charge is 0.359 e. The molecule has 0 aliphatic carbocycles. The number of carbonyl (C=O) groups excluding carboxylic acids is 1. The van der Waals surface area contributed by atoms with Gasteiger partial charge in [0.15, 0.2) is 5.82 Å². The van der Waals surface area contributed by atoms with Crippen LogP contribution in [0.4, 0.5) is 5.82 Å². The molecule has 0 unspecified atom stereocenters. The molecule has 21 heavy (non-hydrogen) atoms. The molecule has 6 heteroatoms. The van der Waals surface area contributed by atoms with E-state index >= 15 is 0 Å². The zero-order valence-electron chi connectivity index (χ0n) is 13.1. The van der Waals surface area contributed by atoms with Crippen LogP contribution in [0.3, 0.4) is 0 Å². The van der Waals surface area contributed by atoms with E-state index < -0.39 is 0 Å². The van der Waals surface area contributed by atoms with Crippen LogP contribution in [0.2, 0.25) is 0 Å². The number of fused-ring (bicyclic) bond motifs is 1. The van der Waals surface area contributed by atoms with Crippen LogP contribution in [0.15, 0.2) is 18.5 Å². The fraction of sp³-hybridized carbons (Fsp3) is 0.533. The number of rotatable bonds is 6. The van der Waals surface area contributed by atoms with E-state index in [9.17, 15) is 4.79 Å². The van der Waals surface area contributed by atoms with Gasteiger partial charge in [0, 0.05) is 18.9 Å². The first-order valence-electron chi connectivity index (χ1n) is 7.32. The summed E-state index contributed by atoms with van der Waals surface area (Å²) in [5.41, 5.74) is 1.90. The molecule has 0 radical (unpaired) electrons. The van der Waals surface area contributed by atoms with Gasteiger partial charge in [-0.2, -0.15) is 5.10 Å². The van der Waals surface area contributed by atoms with Crippen molar-refractivity contribution in [2.75, 3.05) is 18.4 Å². The third-order valence-electron chi connectivity index (χ3n) is 3.12. The zero-order chi connectivity index (χ0) is 15.4. The van der Waals surface area contributed by atoms with Crippen LogP contribution in [0, 0.1) is 5.92 Å². The van der Waals surface area contributed by atoms with Gasteiger partial charge in [-0.05, 0) is 17.9 Å². The van der Waals surface area contributed by atoms with Crippen LogP contribution < -0.4 is 10.6 Å². The molecule has 114 valence electrons. The van der Waals surface area contributed by atoms with E-state index in [0.717, 1.165) is 11.2 Å². The third-order valence-corrected chi connectivity index (χ3v) is 3.12. The summed E-state index contributed by atoms with van der Waals surface area (Å²) in [5.74, 6) is 1.44. The summed E-state index contributed by atoms with van der Waals surface area (Å²) >= 11 is 0. The van der Waals surface area contributed by atoms with E-state index in [1.54, 1.807) is 10.7 Å². The molecule has 0 saturated carbocycles. The zero-order valence-corrected chi connectivity index (χ0v) is 13.1. The Morgan fingerprint density at radius 1 is 1.33 bits per heavy atom. The molecule has 2 aromatic heterocycles. The minimum absolute atomic E-state index is 0.0314. The average Bonchev–Trinajstić information content (AvgIpc) is 2.87. The molecular formula is C15H23N5O. The summed E-state index contributed by atoms with van der Waals surface area (Å²) < 4.78 is 1.79. The Kier molecular flexibility index (Phi) is 4.77. The molecule has 0 saturated heterocycles. The highest BCUT2D eigenvalue weighted by Crippen LogP contribution is 2.19. The average molecular weight is 289 g/mol. The normalized spacial score (nSPS) is 11.3. The number of anilines is 1. The molecule has 1 amide bonds. The molecule has 2 N–H and O–H groups in total. The van der Waals surface area contributed by atoms with Crippen LogP contribution >= 0.6 is 0 Å². The molecule has 0 spiro atoms. The predicted molar refractivity (Wildman–Crippen MR) is 83.4 cm³/mol. The Morgan fingerprint density at radius 2 is 2.10 bits per heavy atom. The number of aromatic nitrogens is 3. The maximum absolute atomic E-state index is 11.7. The molecule has 6 nitrogen and oxygen atoms in total. The van der Waals surface area contributed by atoms with Crippen molar-refractivity contribution in [1.29, 1.82) is 0 Å². The third kappa shape index (κ3) is 3.93. The monoisotopic (exact) mass is 289 g/mol. The Labute approximate surface area is 125 Å². The lowest BCUT2D eigenvalue weighted by Gasteiger charge is -2.09. The van der Waals surface area contributed by atoms with Crippen molar-refractivity contribution >= 4 is 17.2 Å². The fourth-order valence-electron chi connectivity index (χ4n) is 1.90. The molecule has 2 aromatic rings. The molecule has 0 aliphatic rings. The highest BCUT2D eigenvalue weighted by atomic mass is 16.1. The fourth-order valence-corrected chi connectivity index (χ4v) is 1.90. The van der Waals surface area contributed by atoms with E-state index in [-0.39, 0.29) is 12.5 Å². The van der Waals surface area contributed by atoms with Crippen molar-refractivity contribution in [2.24, 2.45) is 5.92 Å². The smallest absolute Gasteiger partial charge is 0.239 e. The molecule has 0 aromatic carbocycles. The first-order chi connectivity index (χ1) is 9.97. The van der Waals surface area contributed by atoms with Gasteiger partial charge >= 0.3 is 0 Å². The van der Waals surface area contributed by atoms with Crippen molar-refractivity contribution in [2.45, 2.75) is 33.6 Å². The van der Waals surface area contributed by atoms with E-state index in [1.165, 1.54) is 0 Å². The van der Waals surface area contributed by atoms with Crippen LogP contribution in [0.25, 0.3) is 5.52 Å². The summed E-state index contributed by atoms with van der Waals surface area (Å²) in [6.45, 7) is 9.22. The lowest BCUT2D eigenvalue weighted by Crippen LogP contribution is -2.32. The van der Waals surface area contributed by atoms with Gasteiger partial charge in [-0.3, -0.25) is 4.79 Å². The van der Waals surface area contributed by atoms with E-state index in [2.05, 4.69) is 48.4 Å². The Balaban J connectivity index is 2.06. The summed E-state index contributed by atoms with van der Waals surface area (Å²) in [5, 5.41) is 10.4. The van der Waals surface area contributed by atoms with E-state index in [4.69, 9.17) is 0 Å². The second kappa shape index (κ2) is 6.56. The van der Waals surface area contributed by atoms with Gasteiger partial charge in [0.05, 0.1) is 12.2 Å². The number of amides is 1. The van der Waals surface area contributed by atoms with Crippen molar-refractivity contribution in [1.82, 2.24) is 19.9 Å². The Morgan fingerprint density at radius 3 is 2.76 bits per heavy atom. The lowest BCUT2D eigenvalue weighted by atomic mass is 10.1. The highest BCUT2D eigenvalue weighted by molar-refractivity contribution is 5.82. The molecule has 2 heterocycles. The van der Waals surface area contributed by atoms with Crippen molar-refractivity contribution in [3.8, 4) is 0 Å². The SMILES string of the molecule is CC(C)CNC(=O)CNc1nccn2nc(C(C)C)cc12. The molecule has 0 bridgehead atoms. The van der Waals surface area contributed by atoms with Gasteiger partial charge in [0.2, 0.25) is 5.91 Å². The first kappa shape index (κ1) is 15.3. The van der Waals surface area contributed by atoms with Crippen molar-refractivity contribution < 1.29 is 4.79 Å². The van der Waals surface area contributed by atoms with Crippen LogP contribution in [0.1, 0.15) is 39.3 Å². The van der Waals surface area contributed by atoms with Crippen LogP contribution in [-0.2, 0) is 4.79 Å². The predicted octanol–water partition coefficient (Wildman–Crippen LogP) is 2.04. The molecular weight excluding hydrogens is 266 g/mol. The first-order valence-corrected chi connectivity index (χ1v) is 7.32. The summed E-state index contributed by atoms with van der Waals surface area (Å²) in [6, 6.07) is 2.01. The molecule has 2 rings (SSSR count). The van der Waals surface area contributed by atoms with Gasteiger partial charge in [0.1, 0.15) is 5.52 Å². The molecule has 0 aliphatic heterocycles. The van der Waals surface area contributed by atoms with Gasteiger partial charge in [0.25, 0.3) is 0 Å². The van der Waals surface area contributed by atoms with E-state index in [1.807, 2.05) is 12.3 Å². The standard InChI is InChI=1S/C15H23N5O/c1-10(2)8-17-14(21)9-18-15-13-7-12(11(3)4)19-20(13)6-5-16-15/h5-7,10-11H,8-9H2,1-4H3,(H,16,18)(H,17,21). The Hall–Kier alpha value is -2.11. The second-order valence-corrected chi connectivity index (χ2v) is 5.88. The van der Waals surface area contributed by atoms with Crippen LogP contribution in [-0.4, -0.2) is 33.6 Å². The maximum atomic E-state index is 11.7. The minimum Gasteiger partial charge on any atom is -0.359 e. The Bertz CT molecular complexity index is 618. The number of nitrogens with zero attached hydrogens (tertiary/aromatic N) is 3.